The summed E-state index contributed by atoms with van der Waals surface area (Å²) < 4.78 is 30.2. The Balaban J connectivity index is 2.43. The molecular weight excluding hydrogens is 383 g/mol. The Morgan fingerprint density at radius 3 is 2.96 bits per heavy atom. The van der Waals surface area contributed by atoms with Gasteiger partial charge in [0.15, 0.2) is 0 Å². The number of nitrogens with one attached hydrogen (secondary N) is 1. The van der Waals surface area contributed by atoms with E-state index in [1.54, 1.807) is 13.8 Å². The van der Waals surface area contributed by atoms with Crippen LogP contribution in [0.15, 0.2) is 16.7 Å². The van der Waals surface area contributed by atoms with E-state index in [9.17, 15) is 13.9 Å². The minimum Gasteiger partial charge on any atom is -0.320 e. The number of nitrogens with two attached hydrogens (primary N) is 1. The third-order valence-corrected chi connectivity index (χ3v) is 8.60. The van der Waals surface area contributed by atoms with Crippen molar-refractivity contribution in [3.05, 3.63) is 28.2 Å². The maximum absolute atomic E-state index is 14.2. The highest BCUT2D eigenvalue weighted by atomic mass is 79.9. The second kappa shape index (κ2) is 6.55. The minimum absolute atomic E-state index is 0.0234. The van der Waals surface area contributed by atoms with Gasteiger partial charge in [-0.1, -0.05) is 0 Å². The van der Waals surface area contributed by atoms with Crippen molar-refractivity contribution in [3.63, 3.8) is 0 Å². The van der Waals surface area contributed by atoms with Crippen molar-refractivity contribution in [1.29, 1.82) is 5.26 Å². The Bertz CT molecular complexity index is 691. The van der Waals surface area contributed by atoms with Gasteiger partial charge in [-0.05, 0) is 71.3 Å². The van der Waals surface area contributed by atoms with Crippen LogP contribution in [0.4, 0.5) is 4.39 Å². The van der Waals surface area contributed by atoms with Gasteiger partial charge in [-0.2, -0.15) is 5.26 Å². The largest absolute Gasteiger partial charge is 0.320 e. The molecule has 1 fully saturated rings. The number of aromatic nitrogens is 1. The third-order valence-electron chi connectivity index (χ3n) is 4.40. The standard InChI is InChI=1S/C15H22BrFN4OS/c1-14(9-18)7-3-4-8-20-23(14,22)10-15(2,19)13-11(17)5-6-12(16)21-13/h5-6,23H,3-4,7-8,10,19H2,1-2H3,(H,20,22). The zero-order chi connectivity index (χ0) is 17.3. The quantitative estimate of drug-likeness (QED) is 0.531. The Morgan fingerprint density at radius 1 is 1.61 bits per heavy atom. The molecule has 1 aliphatic heterocycles. The summed E-state index contributed by atoms with van der Waals surface area (Å²) in [5.41, 5.74) is 5.10. The van der Waals surface area contributed by atoms with Crippen LogP contribution in [0.25, 0.3) is 0 Å². The van der Waals surface area contributed by atoms with Gasteiger partial charge in [-0.15, -0.1) is 0 Å². The molecule has 2 atom stereocenters. The molecule has 5 nitrogen and oxygen atoms in total. The smallest absolute Gasteiger partial charge is 0.146 e. The lowest BCUT2D eigenvalue weighted by Gasteiger charge is -2.40. The summed E-state index contributed by atoms with van der Waals surface area (Å²) in [5.74, 6) is -0.567. The van der Waals surface area contributed by atoms with Crippen molar-refractivity contribution in [2.75, 3.05) is 12.3 Å². The second-order valence-corrected chi connectivity index (χ2v) is 10.4. The molecule has 2 unspecified atom stereocenters. The first kappa shape index (κ1) is 18.5. The molecule has 3 N–H and O–H groups in total. The molecule has 0 saturated carbocycles. The first-order valence-electron chi connectivity index (χ1n) is 7.50. The normalized spacial score (nSPS) is 28.2. The average molecular weight is 405 g/mol. The zero-order valence-electron chi connectivity index (χ0n) is 13.3. The Labute approximate surface area is 145 Å². The molecule has 8 heteroatoms. The Kier molecular flexibility index (Phi) is 5.26. The van der Waals surface area contributed by atoms with E-state index in [-0.39, 0.29) is 11.4 Å². The molecule has 23 heavy (non-hydrogen) atoms. The number of halogens is 2. The minimum atomic E-state index is -3.16. The summed E-state index contributed by atoms with van der Waals surface area (Å²) in [4.78, 5) is 4.12. The van der Waals surface area contributed by atoms with Gasteiger partial charge in [0.1, 0.15) is 15.2 Å². The molecule has 2 rings (SSSR count). The predicted octanol–water partition coefficient (Wildman–Crippen LogP) is 2.14. The van der Waals surface area contributed by atoms with Gasteiger partial charge in [0.05, 0.1) is 17.3 Å². The number of thiol groups is 1. The fourth-order valence-corrected chi connectivity index (χ4v) is 6.33. The second-order valence-electron chi connectivity index (χ2n) is 6.53. The van der Waals surface area contributed by atoms with E-state index < -0.39 is 26.2 Å². The molecule has 0 bridgehead atoms. The number of hydrogen-bond acceptors (Lipinski definition) is 4. The van der Waals surface area contributed by atoms with Crippen molar-refractivity contribution in [2.24, 2.45) is 5.73 Å². The lowest BCUT2D eigenvalue weighted by molar-refractivity contribution is 0.476. The highest BCUT2D eigenvalue weighted by molar-refractivity contribution is 9.10. The van der Waals surface area contributed by atoms with Crippen LogP contribution in [-0.2, 0) is 15.7 Å². The van der Waals surface area contributed by atoms with Crippen molar-refractivity contribution in [2.45, 2.75) is 43.4 Å². The molecule has 0 spiro atoms. The summed E-state index contributed by atoms with van der Waals surface area (Å²) in [5, 5.41) is 9.58. The predicted molar refractivity (Wildman–Crippen MR) is 93.7 cm³/mol. The number of rotatable bonds is 3. The van der Waals surface area contributed by atoms with Crippen molar-refractivity contribution >= 4 is 26.0 Å². The Morgan fingerprint density at radius 2 is 2.30 bits per heavy atom. The van der Waals surface area contributed by atoms with Gasteiger partial charge in [0, 0.05) is 12.3 Å². The van der Waals surface area contributed by atoms with Crippen LogP contribution in [-0.4, -0.2) is 26.2 Å². The van der Waals surface area contributed by atoms with E-state index in [2.05, 4.69) is 31.7 Å². The lowest BCUT2D eigenvalue weighted by atomic mass is 10.0. The van der Waals surface area contributed by atoms with E-state index >= 15 is 0 Å². The van der Waals surface area contributed by atoms with E-state index in [1.165, 1.54) is 12.1 Å². The molecule has 1 aromatic heterocycles. The van der Waals surface area contributed by atoms with Gasteiger partial charge in [-0.25, -0.2) is 9.37 Å². The Hall–Kier alpha value is -0.880. The summed E-state index contributed by atoms with van der Waals surface area (Å²) in [6.07, 6.45) is 2.22. The van der Waals surface area contributed by atoms with E-state index in [0.29, 0.717) is 17.6 Å². The monoisotopic (exact) mass is 404 g/mol. The summed E-state index contributed by atoms with van der Waals surface area (Å²) >= 11 is 3.21. The van der Waals surface area contributed by atoms with Crippen LogP contribution in [0.5, 0.6) is 0 Å². The molecule has 1 saturated heterocycles. The molecule has 1 aliphatic rings. The molecule has 0 radical (unpaired) electrons. The molecule has 128 valence electrons. The van der Waals surface area contributed by atoms with Crippen molar-refractivity contribution in [1.82, 2.24) is 9.71 Å². The molecule has 0 amide bonds. The maximum Gasteiger partial charge on any atom is 0.146 e. The van der Waals surface area contributed by atoms with Crippen LogP contribution in [0.2, 0.25) is 0 Å². The van der Waals surface area contributed by atoms with Crippen LogP contribution >= 0.6 is 15.9 Å². The molecule has 2 heterocycles. The first-order valence-corrected chi connectivity index (χ1v) is 10.2. The SMILES string of the molecule is CC(N)(C[SH]1(=O)NCCCCC1(C)C#N)c1nc(Br)ccc1F. The zero-order valence-corrected chi connectivity index (χ0v) is 15.8. The van der Waals surface area contributed by atoms with E-state index in [4.69, 9.17) is 5.73 Å². The van der Waals surface area contributed by atoms with Crippen LogP contribution in [0.1, 0.15) is 38.8 Å². The van der Waals surface area contributed by atoms with E-state index in [0.717, 1.165) is 12.8 Å². The molecular formula is C15H22BrFN4OS. The van der Waals surface area contributed by atoms with Crippen molar-refractivity contribution < 1.29 is 8.60 Å². The third kappa shape index (κ3) is 3.63. The fraction of sp³-hybridized carbons (Fsp3) is 0.600. The van der Waals surface area contributed by atoms with Gasteiger partial charge >= 0.3 is 0 Å². The summed E-state index contributed by atoms with van der Waals surface area (Å²) in [6.45, 7) is 3.88. The number of nitrogens with zero attached hydrogens (tertiary/aromatic N) is 2. The number of pyridine rings is 1. The summed E-state index contributed by atoms with van der Waals surface area (Å²) in [7, 11) is -3.16. The maximum atomic E-state index is 14.2. The van der Waals surface area contributed by atoms with Gasteiger partial charge < -0.3 is 5.73 Å². The summed E-state index contributed by atoms with van der Waals surface area (Å²) in [6, 6.07) is 4.97. The number of nitriles is 1. The molecule has 1 aromatic rings. The fourth-order valence-electron chi connectivity index (χ4n) is 2.93. The number of hydrogen-bond donors (Lipinski definition) is 3. The van der Waals surface area contributed by atoms with Gasteiger partial charge in [-0.3, -0.25) is 8.93 Å². The highest BCUT2D eigenvalue weighted by Crippen LogP contribution is 2.35. The van der Waals surface area contributed by atoms with E-state index in [1.807, 2.05) is 0 Å². The lowest BCUT2D eigenvalue weighted by Crippen LogP contribution is -2.56. The van der Waals surface area contributed by atoms with Gasteiger partial charge in [0.25, 0.3) is 0 Å². The average Bonchev–Trinajstić information content (AvgIpc) is 2.61. The first-order chi connectivity index (χ1) is 10.6. The highest BCUT2D eigenvalue weighted by Gasteiger charge is 2.45. The topological polar surface area (TPSA) is 91.8 Å². The van der Waals surface area contributed by atoms with Crippen LogP contribution < -0.4 is 10.5 Å². The molecule has 0 aliphatic carbocycles. The van der Waals surface area contributed by atoms with Crippen LogP contribution in [0, 0.1) is 17.1 Å². The van der Waals surface area contributed by atoms with Gasteiger partial charge in [0.2, 0.25) is 0 Å². The van der Waals surface area contributed by atoms with Crippen molar-refractivity contribution in [3.8, 4) is 6.07 Å². The molecule has 0 aromatic carbocycles. The van der Waals surface area contributed by atoms with Crippen LogP contribution in [0.3, 0.4) is 0 Å².